The molecule has 1 aliphatic heterocycles. The van der Waals surface area contributed by atoms with Crippen molar-refractivity contribution in [2.45, 2.75) is 71.4 Å². The molecule has 1 aliphatic rings. The molecule has 0 atom stereocenters. The predicted molar refractivity (Wildman–Crippen MR) is 84.9 cm³/mol. The molecule has 0 aromatic heterocycles. The number of hydrogen-bond donors (Lipinski definition) is 2. The van der Waals surface area contributed by atoms with E-state index in [1.165, 1.54) is 12.8 Å². The van der Waals surface area contributed by atoms with Crippen LogP contribution in [-0.2, 0) is 4.79 Å². The standard InChI is InChI=1S/C16H33N3O/c1-5-19(6-2)15(20)8-7-11-16(3,4)18-14-9-12-17-13-10-14/h14,17-18H,5-13H2,1-4H3. The Kier molecular flexibility index (Phi) is 7.52. The molecule has 0 saturated carbocycles. The minimum atomic E-state index is 0.131. The summed E-state index contributed by atoms with van der Waals surface area (Å²) in [5.41, 5.74) is 0.131. The maximum atomic E-state index is 12.0. The Morgan fingerprint density at radius 2 is 1.85 bits per heavy atom. The van der Waals surface area contributed by atoms with Crippen molar-refractivity contribution in [2.75, 3.05) is 26.2 Å². The number of piperidine rings is 1. The summed E-state index contributed by atoms with van der Waals surface area (Å²) >= 11 is 0. The number of carbonyl (C=O) groups is 1. The fraction of sp³-hybridized carbons (Fsp3) is 0.938. The second kappa shape index (κ2) is 8.63. The van der Waals surface area contributed by atoms with Crippen LogP contribution in [0.2, 0.25) is 0 Å². The first-order valence-corrected chi connectivity index (χ1v) is 8.24. The molecular weight excluding hydrogens is 250 g/mol. The summed E-state index contributed by atoms with van der Waals surface area (Å²) < 4.78 is 0. The van der Waals surface area contributed by atoms with Crippen LogP contribution >= 0.6 is 0 Å². The van der Waals surface area contributed by atoms with Gasteiger partial charge in [-0.25, -0.2) is 0 Å². The van der Waals surface area contributed by atoms with Crippen molar-refractivity contribution in [3.05, 3.63) is 0 Å². The van der Waals surface area contributed by atoms with Gasteiger partial charge in [0.25, 0.3) is 0 Å². The molecule has 1 rings (SSSR count). The molecule has 1 heterocycles. The van der Waals surface area contributed by atoms with Gasteiger partial charge in [0, 0.05) is 31.1 Å². The summed E-state index contributed by atoms with van der Waals surface area (Å²) in [4.78, 5) is 13.9. The van der Waals surface area contributed by atoms with Gasteiger partial charge in [-0.1, -0.05) is 0 Å². The average Bonchev–Trinajstić information content (AvgIpc) is 2.40. The molecule has 0 aromatic carbocycles. The van der Waals surface area contributed by atoms with E-state index < -0.39 is 0 Å². The summed E-state index contributed by atoms with van der Waals surface area (Å²) in [6, 6.07) is 0.629. The van der Waals surface area contributed by atoms with Gasteiger partial charge in [-0.05, 0) is 66.5 Å². The van der Waals surface area contributed by atoms with Crippen LogP contribution in [0.1, 0.15) is 59.8 Å². The minimum Gasteiger partial charge on any atom is -0.343 e. The van der Waals surface area contributed by atoms with E-state index in [2.05, 4.69) is 24.5 Å². The maximum absolute atomic E-state index is 12.0. The van der Waals surface area contributed by atoms with Crippen LogP contribution in [-0.4, -0.2) is 48.6 Å². The van der Waals surface area contributed by atoms with Crippen molar-refractivity contribution in [2.24, 2.45) is 0 Å². The summed E-state index contributed by atoms with van der Waals surface area (Å²) in [5.74, 6) is 0.299. The van der Waals surface area contributed by atoms with Crippen LogP contribution in [0, 0.1) is 0 Å². The molecule has 0 spiro atoms. The van der Waals surface area contributed by atoms with E-state index >= 15 is 0 Å². The van der Waals surface area contributed by atoms with Crippen LogP contribution in [0.25, 0.3) is 0 Å². The molecule has 0 radical (unpaired) electrons. The molecule has 2 N–H and O–H groups in total. The van der Waals surface area contributed by atoms with Gasteiger partial charge in [-0.3, -0.25) is 4.79 Å². The Labute approximate surface area is 124 Å². The van der Waals surface area contributed by atoms with E-state index in [1.54, 1.807) is 0 Å². The van der Waals surface area contributed by atoms with Gasteiger partial charge in [0.1, 0.15) is 0 Å². The first-order chi connectivity index (χ1) is 9.48. The van der Waals surface area contributed by atoms with Gasteiger partial charge < -0.3 is 15.5 Å². The van der Waals surface area contributed by atoms with Crippen molar-refractivity contribution in [3.63, 3.8) is 0 Å². The monoisotopic (exact) mass is 283 g/mol. The summed E-state index contributed by atoms with van der Waals surface area (Å²) in [5, 5.41) is 7.15. The van der Waals surface area contributed by atoms with Crippen LogP contribution in [0.5, 0.6) is 0 Å². The first kappa shape index (κ1) is 17.4. The molecule has 4 heteroatoms. The zero-order valence-corrected chi connectivity index (χ0v) is 13.8. The second-order valence-corrected chi connectivity index (χ2v) is 6.47. The Balaban J connectivity index is 2.26. The lowest BCUT2D eigenvalue weighted by molar-refractivity contribution is -0.130. The SMILES string of the molecule is CCN(CC)C(=O)CCCC(C)(C)NC1CCNCC1. The molecular formula is C16H33N3O. The summed E-state index contributed by atoms with van der Waals surface area (Å²) in [7, 11) is 0. The number of hydrogen-bond acceptors (Lipinski definition) is 3. The third kappa shape index (κ3) is 6.23. The number of rotatable bonds is 8. The normalized spacial score (nSPS) is 17.2. The maximum Gasteiger partial charge on any atom is 0.222 e. The number of amides is 1. The second-order valence-electron chi connectivity index (χ2n) is 6.47. The molecule has 0 aromatic rings. The van der Waals surface area contributed by atoms with Crippen molar-refractivity contribution < 1.29 is 4.79 Å². The van der Waals surface area contributed by atoms with E-state index in [1.807, 2.05) is 18.7 Å². The van der Waals surface area contributed by atoms with Gasteiger partial charge in [-0.15, -0.1) is 0 Å². The van der Waals surface area contributed by atoms with Crippen LogP contribution in [0.3, 0.4) is 0 Å². The number of nitrogens with zero attached hydrogens (tertiary/aromatic N) is 1. The quantitative estimate of drug-likeness (QED) is 0.717. The molecule has 0 bridgehead atoms. The van der Waals surface area contributed by atoms with Crippen LogP contribution in [0.15, 0.2) is 0 Å². The smallest absolute Gasteiger partial charge is 0.222 e. The van der Waals surface area contributed by atoms with Crippen LogP contribution in [0.4, 0.5) is 0 Å². The fourth-order valence-electron chi connectivity index (χ4n) is 3.01. The molecule has 20 heavy (non-hydrogen) atoms. The highest BCUT2D eigenvalue weighted by Gasteiger charge is 2.23. The zero-order valence-electron chi connectivity index (χ0n) is 13.8. The molecule has 118 valence electrons. The molecule has 1 saturated heterocycles. The van der Waals surface area contributed by atoms with Gasteiger partial charge in [0.05, 0.1) is 0 Å². The van der Waals surface area contributed by atoms with E-state index in [0.29, 0.717) is 18.4 Å². The van der Waals surface area contributed by atoms with E-state index in [4.69, 9.17) is 0 Å². The first-order valence-electron chi connectivity index (χ1n) is 8.24. The Morgan fingerprint density at radius 3 is 2.40 bits per heavy atom. The largest absolute Gasteiger partial charge is 0.343 e. The van der Waals surface area contributed by atoms with Gasteiger partial charge in [0.15, 0.2) is 0 Å². The number of carbonyl (C=O) groups excluding carboxylic acids is 1. The van der Waals surface area contributed by atoms with Crippen LogP contribution < -0.4 is 10.6 Å². The highest BCUT2D eigenvalue weighted by atomic mass is 16.2. The van der Waals surface area contributed by atoms with Crippen molar-refractivity contribution in [1.82, 2.24) is 15.5 Å². The highest BCUT2D eigenvalue weighted by Crippen LogP contribution is 2.17. The topological polar surface area (TPSA) is 44.4 Å². The lowest BCUT2D eigenvalue weighted by atomic mass is 9.94. The van der Waals surface area contributed by atoms with Crippen molar-refractivity contribution in [3.8, 4) is 0 Å². The molecule has 0 unspecified atom stereocenters. The molecule has 1 amide bonds. The van der Waals surface area contributed by atoms with E-state index in [9.17, 15) is 4.79 Å². The predicted octanol–water partition coefficient (Wildman–Crippen LogP) is 2.15. The molecule has 1 fully saturated rings. The summed E-state index contributed by atoms with van der Waals surface area (Å²) in [6.07, 6.45) is 5.13. The fourth-order valence-corrected chi connectivity index (χ4v) is 3.01. The average molecular weight is 283 g/mol. The minimum absolute atomic E-state index is 0.131. The van der Waals surface area contributed by atoms with E-state index in [0.717, 1.165) is 39.0 Å². The lowest BCUT2D eigenvalue weighted by Crippen LogP contribution is -2.50. The van der Waals surface area contributed by atoms with Gasteiger partial charge in [0.2, 0.25) is 5.91 Å². The number of nitrogens with one attached hydrogen (secondary N) is 2. The van der Waals surface area contributed by atoms with Gasteiger partial charge >= 0.3 is 0 Å². The Hall–Kier alpha value is -0.610. The van der Waals surface area contributed by atoms with Gasteiger partial charge in [-0.2, -0.15) is 0 Å². The zero-order chi connectivity index (χ0) is 15.0. The van der Waals surface area contributed by atoms with E-state index in [-0.39, 0.29) is 5.54 Å². The van der Waals surface area contributed by atoms with Crippen molar-refractivity contribution in [1.29, 1.82) is 0 Å². The van der Waals surface area contributed by atoms with Crippen molar-refractivity contribution >= 4 is 5.91 Å². The third-order valence-electron chi connectivity index (χ3n) is 4.24. The molecule has 0 aliphatic carbocycles. The summed E-state index contributed by atoms with van der Waals surface area (Å²) in [6.45, 7) is 12.5. The molecule has 4 nitrogen and oxygen atoms in total. The lowest BCUT2D eigenvalue weighted by Gasteiger charge is -2.34. The third-order valence-corrected chi connectivity index (χ3v) is 4.24. The Morgan fingerprint density at radius 1 is 1.25 bits per heavy atom. The Bertz CT molecular complexity index is 281. The highest BCUT2D eigenvalue weighted by molar-refractivity contribution is 5.76.